The normalized spacial score (nSPS) is 12.2. The number of nitrogens with one attached hydrogen (secondary N) is 3. The highest BCUT2D eigenvalue weighted by Gasteiger charge is 2.22. The van der Waals surface area contributed by atoms with Crippen LogP contribution in [0.3, 0.4) is 0 Å². The Bertz CT molecular complexity index is 1180. The molecule has 8 nitrogen and oxygen atoms in total. The van der Waals surface area contributed by atoms with Gasteiger partial charge in [0.1, 0.15) is 17.0 Å². The summed E-state index contributed by atoms with van der Waals surface area (Å²) in [5, 5.41) is 5.47. The molecule has 31 heavy (non-hydrogen) atoms. The van der Waals surface area contributed by atoms with Gasteiger partial charge in [-0.15, -0.1) is 0 Å². The summed E-state index contributed by atoms with van der Waals surface area (Å²) >= 11 is 0. The van der Waals surface area contributed by atoms with Crippen LogP contribution in [0.1, 0.15) is 65.8 Å². The Hall–Kier alpha value is -3.42. The van der Waals surface area contributed by atoms with Crippen molar-refractivity contribution < 1.29 is 9.59 Å². The average Bonchev–Trinajstić information content (AvgIpc) is 3.12. The Morgan fingerprint density at radius 3 is 2.45 bits per heavy atom. The van der Waals surface area contributed by atoms with Crippen LogP contribution in [-0.2, 0) is 6.54 Å². The number of amides is 2. The van der Waals surface area contributed by atoms with Gasteiger partial charge >= 0.3 is 0 Å². The third kappa shape index (κ3) is 5.02. The highest BCUT2D eigenvalue weighted by atomic mass is 16.2. The number of imidazole rings is 1. The van der Waals surface area contributed by atoms with E-state index in [1.54, 1.807) is 18.4 Å². The van der Waals surface area contributed by atoms with Gasteiger partial charge in [0.2, 0.25) is 5.43 Å². The van der Waals surface area contributed by atoms with Crippen molar-refractivity contribution in [1.29, 1.82) is 0 Å². The molecule has 3 N–H and O–H groups in total. The van der Waals surface area contributed by atoms with E-state index < -0.39 is 23.3 Å². The van der Waals surface area contributed by atoms with E-state index in [1.165, 1.54) is 12.4 Å². The van der Waals surface area contributed by atoms with E-state index in [1.807, 2.05) is 39.0 Å². The zero-order valence-electron chi connectivity index (χ0n) is 18.6. The Labute approximate surface area is 181 Å². The van der Waals surface area contributed by atoms with E-state index in [0.29, 0.717) is 18.9 Å². The van der Waals surface area contributed by atoms with E-state index in [-0.39, 0.29) is 17.0 Å². The number of nitrogens with zero attached hydrogens (tertiary/aromatic N) is 2. The molecule has 1 atom stereocenters. The van der Waals surface area contributed by atoms with Crippen LogP contribution < -0.4 is 16.1 Å². The summed E-state index contributed by atoms with van der Waals surface area (Å²) in [4.78, 5) is 46.0. The SMILES string of the molecule is CCNC(=O)c1cn(CC(C)C)cc(C(=O)N[C@H](C)c2nc3ccc(C)cc3[nH]2)c1=O. The van der Waals surface area contributed by atoms with Crippen molar-refractivity contribution in [1.82, 2.24) is 25.2 Å². The maximum Gasteiger partial charge on any atom is 0.257 e. The number of aromatic amines is 1. The number of fused-ring (bicyclic) bond motifs is 1. The zero-order chi connectivity index (χ0) is 22.7. The number of hydrogen-bond donors (Lipinski definition) is 3. The summed E-state index contributed by atoms with van der Waals surface area (Å²) in [7, 11) is 0. The van der Waals surface area contributed by atoms with E-state index in [9.17, 15) is 14.4 Å². The quantitative estimate of drug-likeness (QED) is 0.543. The molecule has 0 saturated carbocycles. The van der Waals surface area contributed by atoms with Gasteiger partial charge in [-0.3, -0.25) is 14.4 Å². The average molecular weight is 424 g/mol. The summed E-state index contributed by atoms with van der Waals surface area (Å²) < 4.78 is 1.72. The van der Waals surface area contributed by atoms with Crippen molar-refractivity contribution in [2.45, 2.75) is 47.2 Å². The van der Waals surface area contributed by atoms with E-state index in [0.717, 1.165) is 16.6 Å². The van der Waals surface area contributed by atoms with Gasteiger partial charge in [0.15, 0.2) is 0 Å². The summed E-state index contributed by atoms with van der Waals surface area (Å²) in [5.41, 5.74) is 2.10. The smallest absolute Gasteiger partial charge is 0.257 e. The van der Waals surface area contributed by atoms with Crippen LogP contribution in [0.15, 0.2) is 35.4 Å². The first-order valence-corrected chi connectivity index (χ1v) is 10.5. The number of aromatic nitrogens is 3. The topological polar surface area (TPSA) is 109 Å². The molecule has 3 aromatic rings. The molecule has 0 unspecified atom stereocenters. The van der Waals surface area contributed by atoms with Crippen LogP contribution in [0.5, 0.6) is 0 Å². The number of carbonyl (C=O) groups is 2. The molecular formula is C23H29N5O3. The molecular weight excluding hydrogens is 394 g/mol. The third-order valence-corrected chi connectivity index (χ3v) is 4.90. The number of benzene rings is 1. The molecule has 2 heterocycles. The van der Waals surface area contributed by atoms with Gasteiger partial charge in [0.05, 0.1) is 17.1 Å². The van der Waals surface area contributed by atoms with Crippen LogP contribution >= 0.6 is 0 Å². The van der Waals surface area contributed by atoms with Gasteiger partial charge in [0, 0.05) is 25.5 Å². The first-order valence-electron chi connectivity index (χ1n) is 10.5. The first kappa shape index (κ1) is 22.3. The number of pyridine rings is 1. The number of aryl methyl sites for hydroxylation is 1. The second-order valence-electron chi connectivity index (χ2n) is 8.20. The van der Waals surface area contributed by atoms with Gasteiger partial charge in [-0.25, -0.2) is 4.98 Å². The van der Waals surface area contributed by atoms with E-state index >= 15 is 0 Å². The Morgan fingerprint density at radius 1 is 1.13 bits per heavy atom. The van der Waals surface area contributed by atoms with Gasteiger partial charge in [0.25, 0.3) is 11.8 Å². The van der Waals surface area contributed by atoms with Crippen molar-refractivity contribution in [3.63, 3.8) is 0 Å². The lowest BCUT2D eigenvalue weighted by Gasteiger charge is -2.15. The van der Waals surface area contributed by atoms with Crippen LogP contribution in [0.4, 0.5) is 0 Å². The van der Waals surface area contributed by atoms with Crippen molar-refractivity contribution in [2.75, 3.05) is 6.54 Å². The van der Waals surface area contributed by atoms with Crippen LogP contribution in [0, 0.1) is 12.8 Å². The maximum atomic E-state index is 13.0. The number of rotatable bonds is 7. The lowest BCUT2D eigenvalue weighted by molar-refractivity contribution is 0.0936. The summed E-state index contributed by atoms with van der Waals surface area (Å²) in [6.07, 6.45) is 3.02. The number of hydrogen-bond acceptors (Lipinski definition) is 4. The number of carbonyl (C=O) groups excluding carboxylic acids is 2. The molecule has 0 bridgehead atoms. The summed E-state index contributed by atoms with van der Waals surface area (Å²) in [6.45, 7) is 10.6. The van der Waals surface area contributed by atoms with Crippen molar-refractivity contribution in [3.05, 3.63) is 63.3 Å². The Kier molecular flexibility index (Phi) is 6.58. The monoisotopic (exact) mass is 423 g/mol. The van der Waals surface area contributed by atoms with Crippen molar-refractivity contribution in [3.8, 4) is 0 Å². The minimum Gasteiger partial charge on any atom is -0.352 e. The summed E-state index contributed by atoms with van der Waals surface area (Å²) in [6, 6.07) is 5.42. The van der Waals surface area contributed by atoms with Gasteiger partial charge in [-0.05, 0) is 44.4 Å². The lowest BCUT2D eigenvalue weighted by Crippen LogP contribution is -2.36. The molecule has 2 aromatic heterocycles. The largest absolute Gasteiger partial charge is 0.352 e. The minimum absolute atomic E-state index is 0.0398. The summed E-state index contributed by atoms with van der Waals surface area (Å²) in [5.74, 6) is -0.159. The molecule has 0 spiro atoms. The first-order chi connectivity index (χ1) is 14.7. The molecule has 164 valence electrons. The lowest BCUT2D eigenvalue weighted by atomic mass is 10.1. The Morgan fingerprint density at radius 2 is 1.81 bits per heavy atom. The predicted molar refractivity (Wildman–Crippen MR) is 120 cm³/mol. The molecule has 0 saturated heterocycles. The second kappa shape index (κ2) is 9.16. The van der Waals surface area contributed by atoms with E-state index in [2.05, 4.69) is 20.6 Å². The molecule has 1 aromatic carbocycles. The van der Waals surface area contributed by atoms with Crippen LogP contribution in [0.25, 0.3) is 11.0 Å². The van der Waals surface area contributed by atoms with Gasteiger partial charge in [-0.1, -0.05) is 19.9 Å². The third-order valence-electron chi connectivity index (χ3n) is 4.90. The molecule has 3 rings (SSSR count). The minimum atomic E-state index is -0.587. The molecule has 0 radical (unpaired) electrons. The van der Waals surface area contributed by atoms with Gasteiger partial charge in [-0.2, -0.15) is 0 Å². The number of H-pyrrole nitrogens is 1. The van der Waals surface area contributed by atoms with Crippen LogP contribution in [-0.4, -0.2) is 32.9 Å². The van der Waals surface area contributed by atoms with E-state index in [4.69, 9.17) is 0 Å². The zero-order valence-corrected chi connectivity index (χ0v) is 18.6. The maximum absolute atomic E-state index is 13.0. The highest BCUT2D eigenvalue weighted by Crippen LogP contribution is 2.17. The standard InChI is InChI=1S/C23H29N5O3/c1-6-24-22(30)16-11-28(10-13(2)3)12-17(20(16)29)23(31)25-15(5)21-26-18-8-7-14(4)9-19(18)27-21/h7-9,11-13,15H,6,10H2,1-5H3,(H,24,30)(H,25,31)(H,26,27)/t15-/m1/s1. The second-order valence-corrected chi connectivity index (χ2v) is 8.20. The molecule has 0 fully saturated rings. The molecule has 2 amide bonds. The molecule has 0 aliphatic rings. The van der Waals surface area contributed by atoms with Crippen molar-refractivity contribution in [2.24, 2.45) is 5.92 Å². The fourth-order valence-corrected chi connectivity index (χ4v) is 3.43. The molecule has 0 aliphatic heterocycles. The highest BCUT2D eigenvalue weighted by molar-refractivity contribution is 5.99. The molecule has 8 heteroatoms. The fourth-order valence-electron chi connectivity index (χ4n) is 3.43. The predicted octanol–water partition coefficient (Wildman–Crippen LogP) is 2.93. The van der Waals surface area contributed by atoms with Gasteiger partial charge < -0.3 is 20.2 Å². The molecule has 0 aliphatic carbocycles. The fraction of sp³-hybridized carbons (Fsp3) is 0.391. The Balaban J connectivity index is 1.92. The van der Waals surface area contributed by atoms with Crippen molar-refractivity contribution >= 4 is 22.8 Å². The van der Waals surface area contributed by atoms with Crippen LogP contribution in [0.2, 0.25) is 0 Å².